The SMILES string of the molecule is CN=C(NCCCCOCCOC)N1CCC(COCc2ccccc2)C1.I. The summed E-state index contributed by atoms with van der Waals surface area (Å²) >= 11 is 0. The van der Waals surface area contributed by atoms with Crippen LogP contribution in [0.25, 0.3) is 0 Å². The lowest BCUT2D eigenvalue weighted by atomic mass is 10.1. The average molecular weight is 505 g/mol. The van der Waals surface area contributed by atoms with Gasteiger partial charge in [-0.25, -0.2) is 0 Å². The van der Waals surface area contributed by atoms with Crippen LogP contribution in [0, 0.1) is 5.92 Å². The molecule has 0 saturated carbocycles. The minimum Gasteiger partial charge on any atom is -0.382 e. The van der Waals surface area contributed by atoms with Gasteiger partial charge in [0.2, 0.25) is 0 Å². The lowest BCUT2D eigenvalue weighted by Crippen LogP contribution is -2.40. The molecule has 2 rings (SSSR count). The number of methoxy groups -OCH3 is 1. The first kappa shape index (κ1) is 25.1. The second-order valence-electron chi connectivity index (χ2n) is 6.89. The van der Waals surface area contributed by atoms with Crippen molar-refractivity contribution in [3.63, 3.8) is 0 Å². The molecule has 0 spiro atoms. The van der Waals surface area contributed by atoms with Crippen molar-refractivity contribution >= 4 is 29.9 Å². The van der Waals surface area contributed by atoms with Crippen LogP contribution in [0.1, 0.15) is 24.8 Å². The molecule has 1 N–H and O–H groups in total. The van der Waals surface area contributed by atoms with Crippen LogP contribution in [0.2, 0.25) is 0 Å². The summed E-state index contributed by atoms with van der Waals surface area (Å²) in [5, 5.41) is 3.47. The summed E-state index contributed by atoms with van der Waals surface area (Å²) in [7, 11) is 3.55. The molecule has 0 amide bonds. The molecule has 1 fully saturated rings. The van der Waals surface area contributed by atoms with E-state index in [0.717, 1.165) is 58.1 Å². The third-order valence-corrected chi connectivity index (χ3v) is 4.69. The summed E-state index contributed by atoms with van der Waals surface area (Å²) < 4.78 is 16.4. The summed E-state index contributed by atoms with van der Waals surface area (Å²) in [6.07, 6.45) is 3.27. The quantitative estimate of drug-likeness (QED) is 0.205. The van der Waals surface area contributed by atoms with Crippen LogP contribution in [0.5, 0.6) is 0 Å². The van der Waals surface area contributed by atoms with E-state index in [1.807, 2.05) is 13.1 Å². The van der Waals surface area contributed by atoms with E-state index in [9.17, 15) is 0 Å². The van der Waals surface area contributed by atoms with Gasteiger partial charge in [0.1, 0.15) is 0 Å². The Morgan fingerprint density at radius 1 is 1.14 bits per heavy atom. The standard InChI is InChI=1S/C21H35N3O3.HI/c1-22-21(23-11-6-7-13-26-15-14-25-2)24-12-10-20(16-24)18-27-17-19-8-4-3-5-9-19;/h3-5,8-9,20H,6-7,10-18H2,1-2H3,(H,22,23);1H. The largest absolute Gasteiger partial charge is 0.382 e. The molecule has 1 aliphatic rings. The van der Waals surface area contributed by atoms with E-state index in [4.69, 9.17) is 14.2 Å². The minimum atomic E-state index is 0. The van der Waals surface area contributed by atoms with Gasteiger partial charge in [0.05, 0.1) is 26.4 Å². The van der Waals surface area contributed by atoms with E-state index in [1.54, 1.807) is 7.11 Å². The van der Waals surface area contributed by atoms with Gasteiger partial charge in [0.25, 0.3) is 0 Å². The van der Waals surface area contributed by atoms with Crippen LogP contribution in [0.3, 0.4) is 0 Å². The summed E-state index contributed by atoms with van der Waals surface area (Å²) in [6, 6.07) is 10.4. The van der Waals surface area contributed by atoms with Crippen molar-refractivity contribution in [2.45, 2.75) is 25.9 Å². The first-order chi connectivity index (χ1) is 13.3. The van der Waals surface area contributed by atoms with Gasteiger partial charge >= 0.3 is 0 Å². The molecule has 160 valence electrons. The third kappa shape index (κ3) is 10.0. The number of rotatable bonds is 12. The highest BCUT2D eigenvalue weighted by Gasteiger charge is 2.24. The van der Waals surface area contributed by atoms with Gasteiger partial charge in [0.15, 0.2) is 5.96 Å². The van der Waals surface area contributed by atoms with Gasteiger partial charge in [-0.15, -0.1) is 24.0 Å². The highest BCUT2D eigenvalue weighted by atomic mass is 127. The lowest BCUT2D eigenvalue weighted by molar-refractivity contribution is 0.0689. The van der Waals surface area contributed by atoms with Crippen LogP contribution >= 0.6 is 24.0 Å². The van der Waals surface area contributed by atoms with Gasteiger partial charge in [-0.3, -0.25) is 4.99 Å². The molecule has 0 aromatic heterocycles. The van der Waals surface area contributed by atoms with Crippen molar-refractivity contribution < 1.29 is 14.2 Å². The van der Waals surface area contributed by atoms with Crippen molar-refractivity contribution in [2.75, 3.05) is 60.2 Å². The third-order valence-electron chi connectivity index (χ3n) is 4.69. The Bertz CT molecular complexity index is 531. The van der Waals surface area contributed by atoms with Crippen molar-refractivity contribution in [1.29, 1.82) is 0 Å². The monoisotopic (exact) mass is 505 g/mol. The number of hydrogen-bond acceptors (Lipinski definition) is 4. The van der Waals surface area contributed by atoms with E-state index < -0.39 is 0 Å². The molecule has 28 heavy (non-hydrogen) atoms. The Kier molecular flexibility index (Phi) is 14.3. The number of benzene rings is 1. The fraction of sp³-hybridized carbons (Fsp3) is 0.667. The Hall–Kier alpha value is -0.900. The normalized spacial score (nSPS) is 16.9. The summed E-state index contributed by atoms with van der Waals surface area (Å²) in [4.78, 5) is 6.77. The van der Waals surface area contributed by atoms with E-state index >= 15 is 0 Å². The highest BCUT2D eigenvalue weighted by molar-refractivity contribution is 14.0. The predicted octanol–water partition coefficient (Wildman–Crippen LogP) is 3.16. The van der Waals surface area contributed by atoms with Crippen molar-refractivity contribution in [2.24, 2.45) is 10.9 Å². The maximum Gasteiger partial charge on any atom is 0.193 e. The summed E-state index contributed by atoms with van der Waals surface area (Å²) in [5.74, 6) is 1.57. The molecule has 0 aliphatic carbocycles. The van der Waals surface area contributed by atoms with Crippen molar-refractivity contribution in [3.05, 3.63) is 35.9 Å². The summed E-state index contributed by atoms with van der Waals surface area (Å²) in [6.45, 7) is 6.59. The molecule has 1 aromatic rings. The van der Waals surface area contributed by atoms with Crippen LogP contribution in [0.4, 0.5) is 0 Å². The molecule has 1 saturated heterocycles. The molecule has 7 heteroatoms. The maximum absolute atomic E-state index is 5.91. The van der Waals surface area contributed by atoms with Gasteiger partial charge in [0, 0.05) is 46.3 Å². The molecule has 1 heterocycles. The molecule has 6 nitrogen and oxygen atoms in total. The van der Waals surface area contributed by atoms with Gasteiger partial charge < -0.3 is 24.4 Å². The number of guanidine groups is 1. The Morgan fingerprint density at radius 2 is 1.96 bits per heavy atom. The van der Waals surface area contributed by atoms with E-state index in [2.05, 4.69) is 39.5 Å². The first-order valence-electron chi connectivity index (χ1n) is 9.97. The Morgan fingerprint density at radius 3 is 2.71 bits per heavy atom. The fourth-order valence-corrected chi connectivity index (χ4v) is 3.18. The van der Waals surface area contributed by atoms with Crippen molar-refractivity contribution in [1.82, 2.24) is 10.2 Å². The van der Waals surface area contributed by atoms with Crippen LogP contribution in [-0.2, 0) is 20.8 Å². The zero-order chi connectivity index (χ0) is 19.2. The zero-order valence-electron chi connectivity index (χ0n) is 17.3. The number of ether oxygens (including phenoxy) is 3. The summed E-state index contributed by atoms with van der Waals surface area (Å²) in [5.41, 5.74) is 1.23. The molecular weight excluding hydrogens is 469 g/mol. The number of hydrogen-bond donors (Lipinski definition) is 1. The number of likely N-dealkylation sites (tertiary alicyclic amines) is 1. The number of unbranched alkanes of at least 4 members (excludes halogenated alkanes) is 1. The highest BCUT2D eigenvalue weighted by Crippen LogP contribution is 2.17. The van der Waals surface area contributed by atoms with Crippen molar-refractivity contribution in [3.8, 4) is 0 Å². The average Bonchev–Trinajstić information content (AvgIpc) is 3.16. The first-order valence-corrected chi connectivity index (χ1v) is 9.97. The Labute approximate surface area is 187 Å². The van der Waals surface area contributed by atoms with Gasteiger partial charge in [-0.1, -0.05) is 30.3 Å². The van der Waals surface area contributed by atoms with E-state index in [1.165, 1.54) is 5.56 Å². The second kappa shape index (κ2) is 16.0. The molecule has 0 radical (unpaired) electrons. The lowest BCUT2D eigenvalue weighted by Gasteiger charge is -2.21. The number of nitrogens with one attached hydrogen (secondary N) is 1. The molecule has 1 aliphatic heterocycles. The minimum absolute atomic E-state index is 0. The number of nitrogens with zero attached hydrogens (tertiary/aromatic N) is 2. The Balaban J connectivity index is 0.00000392. The number of aliphatic imine (C=N–C) groups is 1. The van der Waals surface area contributed by atoms with E-state index in [0.29, 0.717) is 25.7 Å². The molecule has 1 atom stereocenters. The van der Waals surface area contributed by atoms with E-state index in [-0.39, 0.29) is 24.0 Å². The molecule has 0 bridgehead atoms. The number of halogens is 1. The topological polar surface area (TPSA) is 55.3 Å². The van der Waals surface area contributed by atoms with Crippen LogP contribution in [0.15, 0.2) is 35.3 Å². The van der Waals surface area contributed by atoms with Crippen LogP contribution < -0.4 is 5.32 Å². The zero-order valence-corrected chi connectivity index (χ0v) is 19.6. The second-order valence-corrected chi connectivity index (χ2v) is 6.89. The van der Waals surface area contributed by atoms with Crippen LogP contribution in [-0.4, -0.2) is 71.1 Å². The maximum atomic E-state index is 5.91. The van der Waals surface area contributed by atoms with Gasteiger partial charge in [-0.05, 0) is 24.8 Å². The molecular formula is C21H36IN3O3. The molecule has 1 unspecified atom stereocenters. The van der Waals surface area contributed by atoms with Gasteiger partial charge in [-0.2, -0.15) is 0 Å². The fourth-order valence-electron chi connectivity index (χ4n) is 3.18. The smallest absolute Gasteiger partial charge is 0.193 e. The molecule has 1 aromatic carbocycles. The predicted molar refractivity (Wildman–Crippen MR) is 124 cm³/mol.